The molecule has 20 heavy (non-hydrogen) atoms. The van der Waals surface area contributed by atoms with Crippen LogP contribution in [0.1, 0.15) is 32.6 Å². The Morgan fingerprint density at radius 3 is 1.70 bits per heavy atom. The molecule has 0 aliphatic heterocycles. The van der Waals surface area contributed by atoms with E-state index in [1.807, 2.05) is 0 Å². The van der Waals surface area contributed by atoms with Crippen LogP contribution in [0.4, 0.5) is 26.3 Å². The van der Waals surface area contributed by atoms with Gasteiger partial charge in [-0.1, -0.05) is 0 Å². The van der Waals surface area contributed by atoms with Gasteiger partial charge >= 0.3 is 18.3 Å². The third-order valence-electron chi connectivity index (χ3n) is 3.46. The lowest BCUT2D eigenvalue weighted by Gasteiger charge is -2.41. The number of aliphatic hydroxyl groups is 1. The molecule has 9 heteroatoms. The van der Waals surface area contributed by atoms with Crippen molar-refractivity contribution in [2.75, 3.05) is 0 Å². The van der Waals surface area contributed by atoms with Crippen LogP contribution < -0.4 is 0 Å². The minimum Gasteiger partial charge on any atom is -0.463 e. The molecule has 0 heterocycles. The number of esters is 1. The largest absolute Gasteiger partial charge is 0.463 e. The van der Waals surface area contributed by atoms with Crippen molar-refractivity contribution in [1.29, 1.82) is 0 Å². The summed E-state index contributed by atoms with van der Waals surface area (Å²) in [7, 11) is 0. The van der Waals surface area contributed by atoms with E-state index in [9.17, 15) is 36.2 Å². The molecule has 0 bridgehead atoms. The van der Waals surface area contributed by atoms with E-state index in [1.165, 1.54) is 0 Å². The van der Waals surface area contributed by atoms with E-state index in [0.717, 1.165) is 6.92 Å². The van der Waals surface area contributed by atoms with Gasteiger partial charge in [0.05, 0.1) is 0 Å². The molecule has 0 saturated heterocycles. The molecule has 3 nitrogen and oxygen atoms in total. The Morgan fingerprint density at radius 1 is 1.00 bits per heavy atom. The zero-order chi connectivity index (χ0) is 15.8. The lowest BCUT2D eigenvalue weighted by molar-refractivity contribution is -0.387. The molecule has 0 atom stereocenters. The van der Waals surface area contributed by atoms with E-state index in [2.05, 4.69) is 0 Å². The third kappa shape index (κ3) is 3.18. The first-order chi connectivity index (χ1) is 8.89. The molecule has 0 aromatic rings. The van der Waals surface area contributed by atoms with Crippen molar-refractivity contribution in [3.63, 3.8) is 0 Å². The van der Waals surface area contributed by atoms with E-state index in [4.69, 9.17) is 4.74 Å². The second-order valence-corrected chi connectivity index (χ2v) is 4.84. The summed E-state index contributed by atoms with van der Waals surface area (Å²) in [6.45, 7) is 1.11. The van der Waals surface area contributed by atoms with E-state index in [-0.39, 0.29) is 12.8 Å². The van der Waals surface area contributed by atoms with Gasteiger partial charge in [-0.2, -0.15) is 26.3 Å². The number of rotatable bonds is 2. The third-order valence-corrected chi connectivity index (χ3v) is 3.46. The maximum Gasteiger partial charge on any atom is 0.426 e. The van der Waals surface area contributed by atoms with Crippen molar-refractivity contribution in [1.82, 2.24) is 0 Å². The summed E-state index contributed by atoms with van der Waals surface area (Å²) in [4.78, 5) is 10.7. The molecular formula is C11H14F6O3. The first-order valence-electron chi connectivity index (χ1n) is 5.92. The van der Waals surface area contributed by atoms with Crippen LogP contribution in [0.2, 0.25) is 0 Å². The maximum absolute atomic E-state index is 12.6. The monoisotopic (exact) mass is 308 g/mol. The summed E-state index contributed by atoms with van der Waals surface area (Å²) in [5.74, 6) is -2.63. The number of hydrogen-bond donors (Lipinski definition) is 1. The second-order valence-electron chi connectivity index (χ2n) is 4.84. The highest BCUT2D eigenvalue weighted by molar-refractivity contribution is 5.66. The number of halogens is 6. The highest BCUT2D eigenvalue weighted by Crippen LogP contribution is 2.51. The van der Waals surface area contributed by atoms with Gasteiger partial charge in [-0.05, 0) is 25.7 Å². The van der Waals surface area contributed by atoms with E-state index in [0.29, 0.717) is 0 Å². The molecule has 118 valence electrons. The van der Waals surface area contributed by atoms with Gasteiger partial charge in [-0.15, -0.1) is 0 Å². The van der Waals surface area contributed by atoms with Crippen LogP contribution in [-0.2, 0) is 9.53 Å². The predicted molar refractivity (Wildman–Crippen MR) is 54.6 cm³/mol. The molecule has 0 aromatic heterocycles. The van der Waals surface area contributed by atoms with Gasteiger partial charge in [0.2, 0.25) is 0 Å². The molecule has 1 rings (SSSR count). The van der Waals surface area contributed by atoms with E-state index in [1.54, 1.807) is 0 Å². The van der Waals surface area contributed by atoms with Crippen LogP contribution in [0.15, 0.2) is 0 Å². The van der Waals surface area contributed by atoms with Gasteiger partial charge in [0.25, 0.3) is 5.60 Å². The number of alkyl halides is 6. The minimum absolute atomic E-state index is 0.140. The maximum atomic E-state index is 12.6. The first kappa shape index (κ1) is 17.1. The highest BCUT2D eigenvalue weighted by atomic mass is 19.4. The van der Waals surface area contributed by atoms with Gasteiger partial charge in [0.1, 0.15) is 6.10 Å². The van der Waals surface area contributed by atoms with Crippen LogP contribution in [0.25, 0.3) is 0 Å². The lowest BCUT2D eigenvalue weighted by atomic mass is 9.75. The molecule has 0 unspecified atom stereocenters. The normalized spacial score (nSPS) is 25.4. The molecule has 1 fully saturated rings. The van der Waals surface area contributed by atoms with Crippen molar-refractivity contribution in [3.05, 3.63) is 0 Å². The van der Waals surface area contributed by atoms with Crippen LogP contribution in [-0.4, -0.2) is 35.1 Å². The molecule has 1 aliphatic rings. The summed E-state index contributed by atoms with van der Waals surface area (Å²) >= 11 is 0. The predicted octanol–water partition coefficient (Wildman–Crippen LogP) is 2.96. The number of carbonyl (C=O) groups excluding carboxylic acids is 1. The smallest absolute Gasteiger partial charge is 0.426 e. The Morgan fingerprint density at radius 2 is 1.40 bits per heavy atom. The fourth-order valence-electron chi connectivity index (χ4n) is 2.46. The Balaban J connectivity index is 2.85. The second kappa shape index (κ2) is 5.42. The number of carbonyl (C=O) groups is 1. The Hall–Kier alpha value is -0.990. The summed E-state index contributed by atoms with van der Waals surface area (Å²) in [6.07, 6.45) is -13.6. The molecule has 1 saturated carbocycles. The Labute approximate surface area is 110 Å². The van der Waals surface area contributed by atoms with Gasteiger partial charge in [-0.25, -0.2) is 0 Å². The molecule has 1 aliphatic carbocycles. The summed E-state index contributed by atoms with van der Waals surface area (Å²) in [5, 5.41) is 9.22. The fourth-order valence-corrected chi connectivity index (χ4v) is 2.46. The molecule has 0 aromatic carbocycles. The topological polar surface area (TPSA) is 46.5 Å². The summed E-state index contributed by atoms with van der Waals surface area (Å²) < 4.78 is 80.6. The van der Waals surface area contributed by atoms with Gasteiger partial charge in [-0.3, -0.25) is 4.79 Å². The fraction of sp³-hybridized carbons (Fsp3) is 0.909. The van der Waals surface area contributed by atoms with Crippen molar-refractivity contribution < 1.29 is 41.0 Å². The lowest BCUT2D eigenvalue weighted by Crippen LogP contribution is -2.62. The van der Waals surface area contributed by atoms with Crippen molar-refractivity contribution in [2.45, 2.75) is 56.7 Å². The Bertz CT molecular complexity index is 340. The molecule has 1 N–H and O–H groups in total. The van der Waals surface area contributed by atoms with Gasteiger partial charge in [0.15, 0.2) is 0 Å². The first-order valence-corrected chi connectivity index (χ1v) is 5.92. The van der Waals surface area contributed by atoms with Crippen LogP contribution in [0, 0.1) is 5.92 Å². The highest BCUT2D eigenvalue weighted by Gasteiger charge is 2.73. The average Bonchev–Trinajstić information content (AvgIpc) is 2.25. The SMILES string of the molecule is CC(=O)OC1CCC(C(O)(C(F)(F)F)C(F)(F)F)CC1. The average molecular weight is 308 g/mol. The van der Waals surface area contributed by atoms with E-state index < -0.39 is 48.8 Å². The summed E-state index contributed by atoms with van der Waals surface area (Å²) in [6, 6.07) is 0. The van der Waals surface area contributed by atoms with E-state index >= 15 is 0 Å². The van der Waals surface area contributed by atoms with Crippen molar-refractivity contribution in [2.24, 2.45) is 5.92 Å². The Kier molecular flexibility index (Phi) is 4.62. The zero-order valence-electron chi connectivity index (χ0n) is 10.5. The molecule has 0 spiro atoms. The van der Waals surface area contributed by atoms with Crippen molar-refractivity contribution in [3.8, 4) is 0 Å². The molecular weight excluding hydrogens is 294 g/mol. The van der Waals surface area contributed by atoms with Crippen molar-refractivity contribution >= 4 is 5.97 Å². The number of hydrogen-bond acceptors (Lipinski definition) is 3. The van der Waals surface area contributed by atoms with Gasteiger partial charge in [0, 0.05) is 12.8 Å². The van der Waals surface area contributed by atoms with Gasteiger partial charge < -0.3 is 9.84 Å². The van der Waals surface area contributed by atoms with Crippen LogP contribution >= 0.6 is 0 Å². The van der Waals surface area contributed by atoms with Crippen LogP contribution in [0.3, 0.4) is 0 Å². The molecule has 0 amide bonds. The molecule has 0 radical (unpaired) electrons. The quantitative estimate of drug-likeness (QED) is 0.630. The standard InChI is InChI=1S/C11H14F6O3/c1-6(18)20-8-4-2-7(3-5-8)9(19,10(12,13)14)11(15,16)17/h7-8,19H,2-5H2,1H3. The minimum atomic E-state index is -5.80. The van der Waals surface area contributed by atoms with Crippen LogP contribution in [0.5, 0.6) is 0 Å². The summed E-state index contributed by atoms with van der Waals surface area (Å²) in [5.41, 5.74) is -4.72. The number of ether oxygens (including phenoxy) is 1. The zero-order valence-corrected chi connectivity index (χ0v) is 10.5.